The van der Waals surface area contributed by atoms with E-state index in [9.17, 15) is 4.79 Å². The number of amides is 1. The fourth-order valence-corrected chi connectivity index (χ4v) is 2.82. The van der Waals surface area contributed by atoms with Crippen molar-refractivity contribution in [1.29, 1.82) is 0 Å². The molecule has 5 heteroatoms. The minimum atomic E-state index is 0.138. The summed E-state index contributed by atoms with van der Waals surface area (Å²) in [7, 11) is 1.66. The molecule has 0 unspecified atom stereocenters. The summed E-state index contributed by atoms with van der Waals surface area (Å²) in [5, 5.41) is 3.32. The van der Waals surface area contributed by atoms with Crippen LogP contribution in [0.4, 0.5) is 0 Å². The van der Waals surface area contributed by atoms with Crippen molar-refractivity contribution in [1.82, 2.24) is 10.2 Å². The molecule has 1 aromatic rings. The largest absolute Gasteiger partial charge is 0.382 e. The first kappa shape index (κ1) is 17.9. The summed E-state index contributed by atoms with van der Waals surface area (Å²) >= 11 is 0. The van der Waals surface area contributed by atoms with Crippen LogP contribution in [0.2, 0.25) is 0 Å². The van der Waals surface area contributed by atoms with Crippen LogP contribution in [-0.2, 0) is 20.8 Å². The molecule has 5 nitrogen and oxygen atoms in total. The number of methoxy groups -OCH3 is 1. The molecule has 1 heterocycles. The molecule has 0 aliphatic carbocycles. The monoisotopic (exact) mass is 320 g/mol. The predicted octanol–water partition coefficient (Wildman–Crippen LogP) is 1.68. The van der Waals surface area contributed by atoms with E-state index in [1.165, 1.54) is 0 Å². The maximum atomic E-state index is 12.8. The summed E-state index contributed by atoms with van der Waals surface area (Å²) in [6.07, 6.45) is 1.85. The molecule has 0 atom stereocenters. The molecule has 2 rings (SSSR count). The molecular weight excluding hydrogens is 292 g/mol. The third-order valence-corrected chi connectivity index (χ3v) is 4.15. The molecular formula is C18H28N2O3. The summed E-state index contributed by atoms with van der Waals surface area (Å²) in [4.78, 5) is 14.8. The van der Waals surface area contributed by atoms with E-state index in [0.717, 1.165) is 31.5 Å². The Hall–Kier alpha value is -1.43. The minimum Gasteiger partial charge on any atom is -0.382 e. The SMILES string of the molecule is COCCOCCN(Cc1ccccc1)C(=O)C1CCNCC1. The average molecular weight is 320 g/mol. The van der Waals surface area contributed by atoms with Crippen molar-refractivity contribution in [3.63, 3.8) is 0 Å². The Labute approximate surface area is 139 Å². The number of piperidine rings is 1. The van der Waals surface area contributed by atoms with Gasteiger partial charge in [0.05, 0.1) is 19.8 Å². The van der Waals surface area contributed by atoms with Gasteiger partial charge in [0.15, 0.2) is 0 Å². The van der Waals surface area contributed by atoms with Crippen LogP contribution in [0, 0.1) is 5.92 Å². The summed E-state index contributed by atoms with van der Waals surface area (Å²) in [5.74, 6) is 0.393. The number of carbonyl (C=O) groups is 1. The highest BCUT2D eigenvalue weighted by Crippen LogP contribution is 2.17. The first-order valence-corrected chi connectivity index (χ1v) is 8.41. The van der Waals surface area contributed by atoms with Crippen LogP contribution in [-0.4, -0.2) is 57.4 Å². The minimum absolute atomic E-state index is 0.138. The summed E-state index contributed by atoms with van der Waals surface area (Å²) < 4.78 is 10.5. The van der Waals surface area contributed by atoms with Crippen molar-refractivity contribution in [2.75, 3.05) is 46.6 Å². The van der Waals surface area contributed by atoms with Gasteiger partial charge in [-0.15, -0.1) is 0 Å². The van der Waals surface area contributed by atoms with E-state index in [1.807, 2.05) is 23.1 Å². The second-order valence-corrected chi connectivity index (χ2v) is 5.87. The lowest BCUT2D eigenvalue weighted by atomic mass is 9.96. The zero-order valence-corrected chi connectivity index (χ0v) is 14.0. The number of nitrogens with zero attached hydrogens (tertiary/aromatic N) is 1. The Morgan fingerprint density at radius 1 is 1.17 bits per heavy atom. The molecule has 23 heavy (non-hydrogen) atoms. The number of carbonyl (C=O) groups excluding carboxylic acids is 1. The topological polar surface area (TPSA) is 50.8 Å². The van der Waals surface area contributed by atoms with Crippen molar-refractivity contribution in [3.05, 3.63) is 35.9 Å². The number of ether oxygens (including phenoxy) is 2. The number of hydrogen-bond donors (Lipinski definition) is 1. The maximum absolute atomic E-state index is 12.8. The third kappa shape index (κ3) is 6.29. The van der Waals surface area contributed by atoms with Gasteiger partial charge in [-0.3, -0.25) is 4.79 Å². The lowest BCUT2D eigenvalue weighted by Crippen LogP contribution is -2.42. The van der Waals surface area contributed by atoms with E-state index in [0.29, 0.717) is 32.9 Å². The quantitative estimate of drug-likeness (QED) is 0.703. The van der Waals surface area contributed by atoms with Crippen LogP contribution in [0.5, 0.6) is 0 Å². The fraction of sp³-hybridized carbons (Fsp3) is 0.611. The Balaban J connectivity index is 1.91. The second-order valence-electron chi connectivity index (χ2n) is 5.87. The van der Waals surface area contributed by atoms with Crippen LogP contribution in [0.3, 0.4) is 0 Å². The van der Waals surface area contributed by atoms with Gasteiger partial charge in [0.1, 0.15) is 0 Å². The lowest BCUT2D eigenvalue weighted by molar-refractivity contribution is -0.137. The second kappa shape index (κ2) is 10.4. The van der Waals surface area contributed by atoms with Crippen LogP contribution >= 0.6 is 0 Å². The molecule has 1 saturated heterocycles. The van der Waals surface area contributed by atoms with Crippen molar-refractivity contribution >= 4 is 5.91 Å². The normalized spacial score (nSPS) is 15.5. The molecule has 0 bridgehead atoms. The molecule has 0 spiro atoms. The van der Waals surface area contributed by atoms with Crippen molar-refractivity contribution in [3.8, 4) is 0 Å². The standard InChI is InChI=1S/C18H28N2O3/c1-22-13-14-23-12-11-20(15-16-5-3-2-4-6-16)18(21)17-7-9-19-10-8-17/h2-6,17,19H,7-15H2,1H3. The highest BCUT2D eigenvalue weighted by atomic mass is 16.5. The summed E-state index contributed by atoms with van der Waals surface area (Å²) in [6, 6.07) is 10.1. The molecule has 0 radical (unpaired) electrons. The number of benzene rings is 1. The van der Waals surface area contributed by atoms with Crippen LogP contribution in [0.15, 0.2) is 30.3 Å². The first-order valence-electron chi connectivity index (χ1n) is 8.41. The predicted molar refractivity (Wildman–Crippen MR) is 90.1 cm³/mol. The molecule has 1 aliphatic rings. The molecule has 0 aromatic heterocycles. The molecule has 128 valence electrons. The van der Waals surface area contributed by atoms with Gasteiger partial charge < -0.3 is 19.7 Å². The van der Waals surface area contributed by atoms with Gasteiger partial charge in [-0.1, -0.05) is 30.3 Å². The van der Waals surface area contributed by atoms with Gasteiger partial charge in [0.2, 0.25) is 5.91 Å². The van der Waals surface area contributed by atoms with Gasteiger partial charge in [-0.25, -0.2) is 0 Å². The molecule has 0 saturated carbocycles. The van der Waals surface area contributed by atoms with Crippen LogP contribution in [0.1, 0.15) is 18.4 Å². The third-order valence-electron chi connectivity index (χ3n) is 4.15. The van der Waals surface area contributed by atoms with Crippen molar-refractivity contribution in [2.45, 2.75) is 19.4 Å². The van der Waals surface area contributed by atoms with Crippen molar-refractivity contribution < 1.29 is 14.3 Å². The Morgan fingerprint density at radius 3 is 2.61 bits per heavy atom. The zero-order valence-electron chi connectivity index (χ0n) is 14.0. The molecule has 1 aliphatic heterocycles. The van der Waals surface area contributed by atoms with Gasteiger partial charge in [-0.05, 0) is 31.5 Å². The number of hydrogen-bond acceptors (Lipinski definition) is 4. The Morgan fingerprint density at radius 2 is 1.91 bits per heavy atom. The molecule has 1 aromatic carbocycles. The van der Waals surface area contributed by atoms with Gasteiger partial charge in [0.25, 0.3) is 0 Å². The molecule has 1 amide bonds. The summed E-state index contributed by atoms with van der Waals surface area (Å²) in [5.41, 5.74) is 1.16. The molecule has 1 N–H and O–H groups in total. The first-order chi connectivity index (χ1) is 11.3. The Kier molecular flexibility index (Phi) is 8.07. The van der Waals surface area contributed by atoms with Crippen LogP contribution < -0.4 is 5.32 Å². The van der Waals surface area contributed by atoms with E-state index in [4.69, 9.17) is 9.47 Å². The van der Waals surface area contributed by atoms with Gasteiger partial charge >= 0.3 is 0 Å². The van der Waals surface area contributed by atoms with Crippen molar-refractivity contribution in [2.24, 2.45) is 5.92 Å². The zero-order chi connectivity index (χ0) is 16.3. The lowest BCUT2D eigenvalue weighted by Gasteiger charge is -2.29. The van der Waals surface area contributed by atoms with Gasteiger partial charge in [0, 0.05) is 26.1 Å². The van der Waals surface area contributed by atoms with Gasteiger partial charge in [-0.2, -0.15) is 0 Å². The van der Waals surface area contributed by atoms with E-state index < -0.39 is 0 Å². The van der Waals surface area contributed by atoms with E-state index in [-0.39, 0.29) is 11.8 Å². The van der Waals surface area contributed by atoms with E-state index in [2.05, 4.69) is 17.4 Å². The van der Waals surface area contributed by atoms with Crippen LogP contribution in [0.25, 0.3) is 0 Å². The fourth-order valence-electron chi connectivity index (χ4n) is 2.82. The maximum Gasteiger partial charge on any atom is 0.226 e. The number of nitrogens with one attached hydrogen (secondary N) is 1. The average Bonchev–Trinajstić information content (AvgIpc) is 2.61. The highest BCUT2D eigenvalue weighted by Gasteiger charge is 2.25. The summed E-state index contributed by atoms with van der Waals surface area (Å²) in [6.45, 7) is 4.84. The van der Waals surface area contributed by atoms with E-state index >= 15 is 0 Å². The highest BCUT2D eigenvalue weighted by molar-refractivity contribution is 5.79. The molecule has 1 fully saturated rings. The van der Waals surface area contributed by atoms with E-state index in [1.54, 1.807) is 7.11 Å². The number of rotatable bonds is 9. The smallest absolute Gasteiger partial charge is 0.226 e. The Bertz CT molecular complexity index is 447.